The van der Waals surface area contributed by atoms with Crippen LogP contribution in [0.3, 0.4) is 0 Å². The van der Waals surface area contributed by atoms with Crippen LogP contribution in [-0.2, 0) is 9.53 Å². The van der Waals surface area contributed by atoms with E-state index in [2.05, 4.69) is 4.74 Å². The predicted molar refractivity (Wildman–Crippen MR) is 46.0 cm³/mol. The largest absolute Gasteiger partial charge is 0.418 e. The van der Waals surface area contributed by atoms with Gasteiger partial charge < -0.3 is 4.74 Å². The summed E-state index contributed by atoms with van der Waals surface area (Å²) in [7, 11) is 1.58. The molecule has 0 aromatic heterocycles. The number of hydrogen-bond donors (Lipinski definition) is 0. The maximum Gasteiger partial charge on any atom is 0.418 e. The standard InChI is InChI=1S/C7H11NO3S/c1-8-5(3-4-12-2)6(9)11-7(8)10/h5H,3-4H2,1-2H3/t5-/m0/s1. The van der Waals surface area contributed by atoms with Gasteiger partial charge in [0.2, 0.25) is 0 Å². The molecule has 1 atom stereocenters. The molecule has 0 N–H and O–H groups in total. The van der Waals surface area contributed by atoms with Crippen LogP contribution in [0.1, 0.15) is 6.42 Å². The fraction of sp³-hybridized carbons (Fsp3) is 0.714. The van der Waals surface area contributed by atoms with Crippen molar-refractivity contribution < 1.29 is 14.3 Å². The summed E-state index contributed by atoms with van der Waals surface area (Å²) < 4.78 is 4.42. The van der Waals surface area contributed by atoms with E-state index >= 15 is 0 Å². The van der Waals surface area contributed by atoms with E-state index in [0.717, 1.165) is 5.75 Å². The van der Waals surface area contributed by atoms with Gasteiger partial charge in [-0.2, -0.15) is 11.8 Å². The highest BCUT2D eigenvalue weighted by Crippen LogP contribution is 2.15. The van der Waals surface area contributed by atoms with Crippen LogP contribution in [0.25, 0.3) is 0 Å². The molecule has 12 heavy (non-hydrogen) atoms. The molecular formula is C7H11NO3S. The second-order valence-electron chi connectivity index (χ2n) is 2.60. The third kappa shape index (κ3) is 1.72. The normalized spacial score (nSPS) is 23.2. The number of carbonyl (C=O) groups excluding carboxylic acids is 2. The number of ether oxygens (including phenoxy) is 1. The van der Waals surface area contributed by atoms with Gasteiger partial charge in [0.1, 0.15) is 6.04 Å². The lowest BCUT2D eigenvalue weighted by molar-refractivity contribution is -0.135. The number of nitrogens with zero attached hydrogens (tertiary/aromatic N) is 1. The van der Waals surface area contributed by atoms with Gasteiger partial charge in [0.15, 0.2) is 0 Å². The lowest BCUT2D eigenvalue weighted by Gasteiger charge is -2.12. The Bertz CT molecular complexity index is 207. The minimum absolute atomic E-state index is 0.370. The first kappa shape index (κ1) is 9.38. The van der Waals surface area contributed by atoms with Crippen LogP contribution in [0.15, 0.2) is 0 Å². The van der Waals surface area contributed by atoms with E-state index in [1.54, 1.807) is 18.8 Å². The van der Waals surface area contributed by atoms with E-state index in [0.29, 0.717) is 6.42 Å². The van der Waals surface area contributed by atoms with Crippen molar-refractivity contribution in [3.8, 4) is 0 Å². The zero-order valence-corrected chi connectivity index (χ0v) is 7.89. The summed E-state index contributed by atoms with van der Waals surface area (Å²) in [5.74, 6) is 0.439. The van der Waals surface area contributed by atoms with Crippen LogP contribution < -0.4 is 0 Å². The second kappa shape index (κ2) is 3.80. The van der Waals surface area contributed by atoms with Crippen molar-refractivity contribution in [2.75, 3.05) is 19.1 Å². The van der Waals surface area contributed by atoms with Crippen molar-refractivity contribution in [3.63, 3.8) is 0 Å². The van der Waals surface area contributed by atoms with Gasteiger partial charge in [0, 0.05) is 7.05 Å². The molecule has 1 fully saturated rings. The maximum absolute atomic E-state index is 11.0. The van der Waals surface area contributed by atoms with Gasteiger partial charge in [-0.25, -0.2) is 9.59 Å². The third-order valence-corrected chi connectivity index (χ3v) is 2.45. The first-order valence-electron chi connectivity index (χ1n) is 3.64. The Hall–Kier alpha value is -0.710. The minimum atomic E-state index is -0.536. The number of esters is 1. The number of thioether (sulfide) groups is 1. The van der Waals surface area contributed by atoms with Gasteiger partial charge in [0.05, 0.1) is 0 Å². The van der Waals surface area contributed by atoms with E-state index in [1.165, 1.54) is 4.90 Å². The number of likely N-dealkylation sites (N-methyl/N-ethyl adjacent to an activating group) is 1. The molecule has 0 bridgehead atoms. The smallest absolute Gasteiger partial charge is 0.375 e. The molecule has 0 saturated carbocycles. The highest BCUT2D eigenvalue weighted by atomic mass is 32.2. The summed E-state index contributed by atoms with van der Waals surface area (Å²) in [6.45, 7) is 0. The first-order chi connectivity index (χ1) is 5.66. The Kier molecular flexibility index (Phi) is 2.97. The topological polar surface area (TPSA) is 46.6 Å². The molecule has 0 aromatic carbocycles. The van der Waals surface area contributed by atoms with Crippen LogP contribution in [0.2, 0.25) is 0 Å². The van der Waals surface area contributed by atoms with Crippen molar-refractivity contribution in [1.82, 2.24) is 4.90 Å². The Morgan fingerprint density at radius 2 is 2.25 bits per heavy atom. The van der Waals surface area contributed by atoms with Gasteiger partial charge in [-0.3, -0.25) is 4.90 Å². The summed E-state index contributed by atoms with van der Waals surface area (Å²) in [4.78, 5) is 23.2. The zero-order valence-electron chi connectivity index (χ0n) is 7.07. The van der Waals surface area contributed by atoms with E-state index in [1.807, 2.05) is 6.26 Å². The summed E-state index contributed by atoms with van der Waals surface area (Å²) in [5, 5.41) is 0. The second-order valence-corrected chi connectivity index (χ2v) is 3.58. The number of cyclic esters (lactones) is 2. The lowest BCUT2D eigenvalue weighted by atomic mass is 10.2. The molecule has 4 nitrogen and oxygen atoms in total. The summed E-state index contributed by atoms with van der Waals surface area (Å²) in [6.07, 6.45) is 2.09. The Morgan fingerprint density at radius 3 is 2.67 bits per heavy atom. The molecule has 0 aromatic rings. The minimum Gasteiger partial charge on any atom is -0.375 e. The maximum atomic E-state index is 11.0. The summed E-state index contributed by atoms with van der Waals surface area (Å²) in [5.41, 5.74) is 0. The number of amides is 1. The Labute approximate surface area is 75.2 Å². The van der Waals surface area contributed by atoms with Crippen LogP contribution in [0.4, 0.5) is 4.79 Å². The molecule has 0 aliphatic carbocycles. The van der Waals surface area contributed by atoms with E-state index in [-0.39, 0.29) is 6.04 Å². The quantitative estimate of drug-likeness (QED) is 0.484. The number of rotatable bonds is 3. The van der Waals surface area contributed by atoms with Crippen molar-refractivity contribution >= 4 is 23.8 Å². The summed E-state index contributed by atoms with van der Waals surface area (Å²) >= 11 is 1.65. The van der Waals surface area contributed by atoms with Gasteiger partial charge in [-0.1, -0.05) is 0 Å². The first-order valence-corrected chi connectivity index (χ1v) is 5.03. The fourth-order valence-electron chi connectivity index (χ4n) is 1.05. The number of hydrogen-bond acceptors (Lipinski definition) is 4. The Morgan fingerprint density at radius 1 is 1.58 bits per heavy atom. The van der Waals surface area contributed by atoms with Crippen LogP contribution in [-0.4, -0.2) is 42.1 Å². The monoisotopic (exact) mass is 189 g/mol. The van der Waals surface area contributed by atoms with Crippen molar-refractivity contribution in [3.05, 3.63) is 0 Å². The third-order valence-electron chi connectivity index (χ3n) is 1.81. The van der Waals surface area contributed by atoms with E-state index in [9.17, 15) is 9.59 Å². The molecule has 1 aliphatic heterocycles. The summed E-state index contributed by atoms with van der Waals surface area (Å²) in [6, 6.07) is -0.370. The molecule has 5 heteroatoms. The van der Waals surface area contributed by atoms with E-state index in [4.69, 9.17) is 0 Å². The molecule has 1 heterocycles. The van der Waals surface area contributed by atoms with Crippen molar-refractivity contribution in [2.24, 2.45) is 0 Å². The molecule has 1 aliphatic rings. The Balaban J connectivity index is 2.51. The molecule has 68 valence electrons. The highest BCUT2D eigenvalue weighted by Gasteiger charge is 2.37. The number of carbonyl (C=O) groups is 2. The molecule has 1 saturated heterocycles. The van der Waals surface area contributed by atoms with Crippen LogP contribution >= 0.6 is 11.8 Å². The molecule has 0 radical (unpaired) electrons. The molecular weight excluding hydrogens is 178 g/mol. The van der Waals surface area contributed by atoms with Crippen molar-refractivity contribution in [1.29, 1.82) is 0 Å². The fourth-order valence-corrected chi connectivity index (χ4v) is 1.51. The molecule has 0 spiro atoms. The van der Waals surface area contributed by atoms with Gasteiger partial charge in [0.25, 0.3) is 0 Å². The van der Waals surface area contributed by atoms with E-state index < -0.39 is 12.1 Å². The van der Waals surface area contributed by atoms with Crippen molar-refractivity contribution in [2.45, 2.75) is 12.5 Å². The van der Waals surface area contributed by atoms with Gasteiger partial charge in [-0.05, 0) is 18.4 Å². The highest BCUT2D eigenvalue weighted by molar-refractivity contribution is 7.98. The zero-order chi connectivity index (χ0) is 9.14. The molecule has 0 unspecified atom stereocenters. The van der Waals surface area contributed by atoms with Gasteiger partial charge in [-0.15, -0.1) is 0 Å². The van der Waals surface area contributed by atoms with Gasteiger partial charge >= 0.3 is 12.1 Å². The average molecular weight is 189 g/mol. The molecule has 1 amide bonds. The lowest BCUT2D eigenvalue weighted by Crippen LogP contribution is -2.31. The molecule has 1 rings (SSSR count). The average Bonchev–Trinajstić information content (AvgIpc) is 2.25. The van der Waals surface area contributed by atoms with Crippen LogP contribution in [0.5, 0.6) is 0 Å². The predicted octanol–water partition coefficient (Wildman–Crippen LogP) is 0.717. The van der Waals surface area contributed by atoms with Crippen LogP contribution in [0, 0.1) is 0 Å². The SMILES string of the molecule is CSCC[C@H]1C(=O)OC(=O)N1C.